The first-order valence-electron chi connectivity index (χ1n) is 5.24. The molecule has 0 aliphatic rings. The summed E-state index contributed by atoms with van der Waals surface area (Å²) in [5, 5.41) is 12.4. The van der Waals surface area contributed by atoms with Crippen LogP contribution in [0.3, 0.4) is 0 Å². The molecule has 0 aliphatic heterocycles. The highest BCUT2D eigenvalue weighted by Gasteiger charge is 2.10. The number of aliphatic hydroxyl groups is 1. The highest BCUT2D eigenvalue weighted by molar-refractivity contribution is 5.69. The van der Waals surface area contributed by atoms with Crippen LogP contribution in [0.4, 0.5) is 0 Å². The number of aliphatic hydroxyl groups excluding tert-OH is 1. The number of rotatable bonds is 9. The quantitative estimate of drug-likeness (QED) is 0.419. The number of nitrogens with one attached hydrogen (secondary N) is 1. The summed E-state index contributed by atoms with van der Waals surface area (Å²) in [7, 11) is 1.65. The molecule has 1 atom stereocenters. The molecule has 0 fully saturated rings. The van der Waals surface area contributed by atoms with Gasteiger partial charge in [-0.25, -0.2) is 0 Å². The fourth-order valence-electron chi connectivity index (χ4n) is 1.09. The van der Waals surface area contributed by atoms with E-state index in [1.54, 1.807) is 14.0 Å². The number of hydrogen-bond acceptors (Lipinski definition) is 5. The van der Waals surface area contributed by atoms with E-state index in [1.807, 2.05) is 0 Å². The van der Waals surface area contributed by atoms with E-state index in [0.29, 0.717) is 19.8 Å². The van der Waals surface area contributed by atoms with Crippen molar-refractivity contribution >= 4 is 5.97 Å². The van der Waals surface area contributed by atoms with E-state index in [1.165, 1.54) is 0 Å². The molecule has 5 heteroatoms. The molecule has 90 valence electrons. The monoisotopic (exact) mass is 219 g/mol. The molecule has 0 heterocycles. The second-order valence-corrected chi connectivity index (χ2v) is 3.21. The van der Waals surface area contributed by atoms with Gasteiger partial charge in [0.05, 0.1) is 19.1 Å². The van der Waals surface area contributed by atoms with Crippen LogP contribution in [0.2, 0.25) is 0 Å². The van der Waals surface area contributed by atoms with E-state index in [4.69, 9.17) is 9.47 Å². The van der Waals surface area contributed by atoms with Crippen LogP contribution in [-0.4, -0.2) is 50.6 Å². The Hall–Kier alpha value is -0.650. The minimum Gasteiger partial charge on any atom is -0.466 e. The first-order valence-corrected chi connectivity index (χ1v) is 5.24. The Morgan fingerprint density at radius 1 is 1.53 bits per heavy atom. The maximum absolute atomic E-state index is 11.0. The zero-order valence-electron chi connectivity index (χ0n) is 9.49. The van der Waals surface area contributed by atoms with Gasteiger partial charge in [-0.05, 0) is 19.9 Å². The molecule has 0 aromatic carbocycles. The lowest BCUT2D eigenvalue weighted by molar-refractivity contribution is -0.145. The highest BCUT2D eigenvalue weighted by Crippen LogP contribution is 1.93. The molecule has 0 bridgehead atoms. The van der Waals surface area contributed by atoms with E-state index in [-0.39, 0.29) is 12.4 Å². The fraction of sp³-hybridized carbons (Fsp3) is 0.900. The molecule has 0 amide bonds. The number of ether oxygens (including phenoxy) is 2. The Morgan fingerprint density at radius 3 is 2.87 bits per heavy atom. The Morgan fingerprint density at radius 2 is 2.27 bits per heavy atom. The van der Waals surface area contributed by atoms with Crippen LogP contribution in [0.5, 0.6) is 0 Å². The molecule has 0 saturated carbocycles. The Labute approximate surface area is 90.8 Å². The lowest BCUT2D eigenvalue weighted by Crippen LogP contribution is -2.30. The highest BCUT2D eigenvalue weighted by atomic mass is 16.5. The molecule has 0 spiro atoms. The molecule has 0 saturated heterocycles. The maximum atomic E-state index is 11.0. The van der Waals surface area contributed by atoms with Gasteiger partial charge in [0.1, 0.15) is 0 Å². The van der Waals surface area contributed by atoms with Crippen LogP contribution in [0, 0.1) is 0 Å². The second kappa shape index (κ2) is 9.89. The summed E-state index contributed by atoms with van der Waals surface area (Å²) in [6.45, 7) is 3.97. The molecule has 15 heavy (non-hydrogen) atoms. The minimum atomic E-state index is -0.674. The Balaban J connectivity index is 3.32. The fourth-order valence-corrected chi connectivity index (χ4v) is 1.09. The third-order valence-corrected chi connectivity index (χ3v) is 1.79. The van der Waals surface area contributed by atoms with Gasteiger partial charge < -0.3 is 19.9 Å². The van der Waals surface area contributed by atoms with E-state index >= 15 is 0 Å². The Kier molecular flexibility index (Phi) is 9.46. The van der Waals surface area contributed by atoms with Crippen molar-refractivity contribution in [3.8, 4) is 0 Å². The number of methoxy groups -OCH3 is 1. The standard InChI is InChI=1S/C10H21NO4/c1-3-15-10(13)7-9(12)8-11-5-4-6-14-2/h9,11-12H,3-8H2,1-2H3. The SMILES string of the molecule is CCOC(=O)CC(O)CNCCCOC. The van der Waals surface area contributed by atoms with Crippen LogP contribution >= 0.6 is 0 Å². The lowest BCUT2D eigenvalue weighted by Gasteiger charge is -2.10. The third kappa shape index (κ3) is 9.65. The van der Waals surface area contributed by atoms with Crippen LogP contribution in [0.25, 0.3) is 0 Å². The average molecular weight is 219 g/mol. The summed E-state index contributed by atoms with van der Waals surface area (Å²) in [6, 6.07) is 0. The van der Waals surface area contributed by atoms with Gasteiger partial charge in [0, 0.05) is 20.3 Å². The molecule has 0 rings (SSSR count). The molecule has 1 unspecified atom stereocenters. The van der Waals surface area contributed by atoms with Gasteiger partial charge in [-0.3, -0.25) is 4.79 Å². The predicted molar refractivity (Wildman–Crippen MR) is 56.6 cm³/mol. The van der Waals surface area contributed by atoms with Crippen molar-refractivity contribution in [3.63, 3.8) is 0 Å². The summed E-state index contributed by atoms with van der Waals surface area (Å²) >= 11 is 0. The normalized spacial score (nSPS) is 12.5. The third-order valence-electron chi connectivity index (χ3n) is 1.79. The zero-order chi connectivity index (χ0) is 11.5. The number of carbonyl (C=O) groups is 1. The van der Waals surface area contributed by atoms with Gasteiger partial charge in [-0.15, -0.1) is 0 Å². The van der Waals surface area contributed by atoms with Crippen molar-refractivity contribution in [3.05, 3.63) is 0 Å². The summed E-state index contributed by atoms with van der Waals surface area (Å²) in [5.41, 5.74) is 0. The average Bonchev–Trinajstić information content (AvgIpc) is 2.17. The van der Waals surface area contributed by atoms with Crippen molar-refractivity contribution < 1.29 is 19.4 Å². The molecule has 5 nitrogen and oxygen atoms in total. The van der Waals surface area contributed by atoms with Gasteiger partial charge in [-0.1, -0.05) is 0 Å². The number of esters is 1. The summed E-state index contributed by atoms with van der Waals surface area (Å²) in [6.07, 6.45) is 0.264. The van der Waals surface area contributed by atoms with Crippen molar-refractivity contribution in [2.75, 3.05) is 33.4 Å². The van der Waals surface area contributed by atoms with Crippen molar-refractivity contribution in [2.24, 2.45) is 0 Å². The van der Waals surface area contributed by atoms with Gasteiger partial charge in [-0.2, -0.15) is 0 Å². The molecule has 2 N–H and O–H groups in total. The predicted octanol–water partition coefficient (Wildman–Crippen LogP) is -0.0734. The summed E-state index contributed by atoms with van der Waals surface area (Å²) < 4.78 is 9.58. The van der Waals surface area contributed by atoms with Crippen molar-refractivity contribution in [1.82, 2.24) is 5.32 Å². The van der Waals surface area contributed by atoms with Gasteiger partial charge in [0.15, 0.2) is 0 Å². The van der Waals surface area contributed by atoms with Crippen molar-refractivity contribution in [1.29, 1.82) is 0 Å². The zero-order valence-corrected chi connectivity index (χ0v) is 9.49. The maximum Gasteiger partial charge on any atom is 0.308 e. The van der Waals surface area contributed by atoms with Crippen LogP contribution < -0.4 is 5.32 Å². The topological polar surface area (TPSA) is 67.8 Å². The molecular formula is C10H21NO4. The summed E-state index contributed by atoms with van der Waals surface area (Å²) in [5.74, 6) is -0.358. The van der Waals surface area contributed by atoms with Gasteiger partial charge in [0.25, 0.3) is 0 Å². The van der Waals surface area contributed by atoms with E-state index in [2.05, 4.69) is 5.32 Å². The lowest BCUT2D eigenvalue weighted by atomic mass is 10.2. The largest absolute Gasteiger partial charge is 0.466 e. The molecular weight excluding hydrogens is 198 g/mol. The number of carbonyl (C=O) groups excluding carboxylic acids is 1. The van der Waals surface area contributed by atoms with E-state index < -0.39 is 6.10 Å². The van der Waals surface area contributed by atoms with Crippen LogP contribution in [0.15, 0.2) is 0 Å². The van der Waals surface area contributed by atoms with Crippen LogP contribution in [-0.2, 0) is 14.3 Å². The number of hydrogen-bond donors (Lipinski definition) is 2. The van der Waals surface area contributed by atoms with E-state index in [9.17, 15) is 9.90 Å². The first-order chi connectivity index (χ1) is 7.20. The van der Waals surface area contributed by atoms with Gasteiger partial charge in [0.2, 0.25) is 0 Å². The minimum absolute atomic E-state index is 0.0467. The molecule has 0 radical (unpaired) electrons. The van der Waals surface area contributed by atoms with Crippen LogP contribution in [0.1, 0.15) is 19.8 Å². The Bertz CT molecular complexity index is 164. The molecule has 0 aliphatic carbocycles. The molecule has 0 aromatic rings. The van der Waals surface area contributed by atoms with Crippen molar-refractivity contribution in [2.45, 2.75) is 25.9 Å². The first kappa shape index (κ1) is 14.3. The van der Waals surface area contributed by atoms with Gasteiger partial charge >= 0.3 is 5.97 Å². The smallest absolute Gasteiger partial charge is 0.308 e. The van der Waals surface area contributed by atoms with E-state index in [0.717, 1.165) is 13.0 Å². The second-order valence-electron chi connectivity index (χ2n) is 3.21. The summed E-state index contributed by atoms with van der Waals surface area (Å²) in [4.78, 5) is 11.0. The molecule has 0 aromatic heterocycles.